The number of hydrogen-bond donors (Lipinski definition) is 3. The summed E-state index contributed by atoms with van der Waals surface area (Å²) in [6, 6.07) is 6.74. The summed E-state index contributed by atoms with van der Waals surface area (Å²) < 4.78 is 0. The molecule has 1 aromatic rings. The van der Waals surface area contributed by atoms with Crippen molar-refractivity contribution in [2.24, 2.45) is 0 Å². The molecule has 0 atom stereocenters. The minimum Gasteiger partial charge on any atom is -0.356 e. The number of carbonyl (C=O) groups is 3. The van der Waals surface area contributed by atoms with Gasteiger partial charge in [-0.05, 0) is 24.6 Å². The molecule has 0 unspecified atom stereocenters. The molecule has 0 radical (unpaired) electrons. The van der Waals surface area contributed by atoms with Crippen LogP contribution in [0.3, 0.4) is 0 Å². The molecular formula is C14H19N3O3. The third-order valence-corrected chi connectivity index (χ3v) is 2.36. The zero-order chi connectivity index (χ0) is 15.0. The first-order chi connectivity index (χ1) is 9.51. The van der Waals surface area contributed by atoms with Gasteiger partial charge in [-0.15, -0.1) is 0 Å². The van der Waals surface area contributed by atoms with E-state index in [1.54, 1.807) is 24.3 Å². The zero-order valence-electron chi connectivity index (χ0n) is 11.7. The van der Waals surface area contributed by atoms with Crippen LogP contribution in [-0.2, 0) is 14.4 Å². The molecule has 6 heteroatoms. The van der Waals surface area contributed by atoms with Gasteiger partial charge in [0.05, 0.1) is 0 Å². The van der Waals surface area contributed by atoms with Crippen LogP contribution in [0.25, 0.3) is 0 Å². The first-order valence-electron chi connectivity index (χ1n) is 6.45. The van der Waals surface area contributed by atoms with Crippen LogP contribution in [0.15, 0.2) is 24.3 Å². The van der Waals surface area contributed by atoms with E-state index in [-0.39, 0.29) is 18.2 Å². The van der Waals surface area contributed by atoms with E-state index in [1.165, 1.54) is 6.92 Å². The molecule has 0 heterocycles. The van der Waals surface area contributed by atoms with E-state index in [2.05, 4.69) is 16.0 Å². The normalized spacial score (nSPS) is 9.70. The van der Waals surface area contributed by atoms with Gasteiger partial charge < -0.3 is 16.0 Å². The Balaban J connectivity index is 2.53. The zero-order valence-corrected chi connectivity index (χ0v) is 11.7. The summed E-state index contributed by atoms with van der Waals surface area (Å²) >= 11 is 0. The molecule has 0 fully saturated rings. The summed E-state index contributed by atoms with van der Waals surface area (Å²) in [6.07, 6.45) is 0.608. The highest BCUT2D eigenvalue weighted by Crippen LogP contribution is 2.15. The molecule has 3 amide bonds. The van der Waals surface area contributed by atoms with Crippen molar-refractivity contribution in [2.75, 3.05) is 17.2 Å². The van der Waals surface area contributed by atoms with E-state index >= 15 is 0 Å². The monoisotopic (exact) mass is 277 g/mol. The second-order valence-corrected chi connectivity index (χ2v) is 4.34. The highest BCUT2D eigenvalue weighted by atomic mass is 16.2. The van der Waals surface area contributed by atoms with Crippen molar-refractivity contribution in [3.8, 4) is 0 Å². The number of hydrogen-bond acceptors (Lipinski definition) is 3. The first-order valence-corrected chi connectivity index (χ1v) is 6.45. The third kappa shape index (κ3) is 5.99. The number of anilines is 2. The molecule has 3 N–H and O–H groups in total. The predicted molar refractivity (Wildman–Crippen MR) is 77.3 cm³/mol. The summed E-state index contributed by atoms with van der Waals surface area (Å²) in [5, 5.41) is 7.86. The minimum atomic E-state index is -0.390. The first kappa shape index (κ1) is 15.7. The van der Waals surface area contributed by atoms with Crippen molar-refractivity contribution in [1.82, 2.24) is 5.32 Å². The van der Waals surface area contributed by atoms with Gasteiger partial charge in [-0.25, -0.2) is 0 Å². The standard InChI is InChI=1S/C14H19N3O3/c1-3-7-15-13(19)9-14(20)17-12-6-4-5-11(8-12)16-10(2)18/h4-6,8H,3,7,9H2,1-2H3,(H,15,19)(H,16,18)(H,17,20). The largest absolute Gasteiger partial charge is 0.356 e. The summed E-state index contributed by atoms with van der Waals surface area (Å²) in [4.78, 5) is 34.0. The molecule has 1 rings (SSSR count). The van der Waals surface area contributed by atoms with Gasteiger partial charge in [-0.2, -0.15) is 0 Å². The highest BCUT2D eigenvalue weighted by molar-refractivity contribution is 6.03. The van der Waals surface area contributed by atoms with E-state index in [4.69, 9.17) is 0 Å². The molecule has 0 bridgehead atoms. The fourth-order valence-electron chi connectivity index (χ4n) is 1.56. The van der Waals surface area contributed by atoms with Gasteiger partial charge in [-0.1, -0.05) is 13.0 Å². The van der Waals surface area contributed by atoms with Crippen molar-refractivity contribution < 1.29 is 14.4 Å². The molecule has 0 saturated heterocycles. The smallest absolute Gasteiger partial charge is 0.233 e. The van der Waals surface area contributed by atoms with Crippen LogP contribution in [0.1, 0.15) is 26.7 Å². The Morgan fingerprint density at radius 1 is 1.05 bits per heavy atom. The average Bonchev–Trinajstić information content (AvgIpc) is 2.35. The molecule has 0 aliphatic rings. The Kier molecular flexibility index (Phi) is 6.22. The Morgan fingerprint density at radius 2 is 1.70 bits per heavy atom. The number of rotatable bonds is 6. The molecule has 0 spiro atoms. The number of benzene rings is 1. The topological polar surface area (TPSA) is 87.3 Å². The highest BCUT2D eigenvalue weighted by Gasteiger charge is 2.09. The van der Waals surface area contributed by atoms with Crippen LogP contribution in [-0.4, -0.2) is 24.3 Å². The van der Waals surface area contributed by atoms with Gasteiger partial charge in [0.25, 0.3) is 0 Å². The Bertz CT molecular complexity index is 500. The van der Waals surface area contributed by atoms with Crippen LogP contribution >= 0.6 is 0 Å². The van der Waals surface area contributed by atoms with E-state index in [0.29, 0.717) is 17.9 Å². The van der Waals surface area contributed by atoms with Crippen LogP contribution in [0, 0.1) is 0 Å². The molecule has 0 aliphatic carbocycles. The van der Waals surface area contributed by atoms with Crippen LogP contribution in [0.4, 0.5) is 11.4 Å². The van der Waals surface area contributed by atoms with Crippen LogP contribution in [0.5, 0.6) is 0 Å². The van der Waals surface area contributed by atoms with Gasteiger partial charge in [0, 0.05) is 24.8 Å². The lowest BCUT2D eigenvalue weighted by Gasteiger charge is -2.08. The molecule has 0 aromatic heterocycles. The Morgan fingerprint density at radius 3 is 2.30 bits per heavy atom. The van der Waals surface area contributed by atoms with Crippen LogP contribution < -0.4 is 16.0 Å². The Labute approximate surface area is 117 Å². The van der Waals surface area contributed by atoms with Gasteiger partial charge in [0.15, 0.2) is 0 Å². The summed E-state index contributed by atoms with van der Waals surface area (Å²) in [6.45, 7) is 3.90. The third-order valence-electron chi connectivity index (χ3n) is 2.36. The molecule has 6 nitrogen and oxygen atoms in total. The maximum atomic E-state index is 11.7. The van der Waals surface area contributed by atoms with E-state index in [1.807, 2.05) is 6.92 Å². The SMILES string of the molecule is CCCNC(=O)CC(=O)Nc1cccc(NC(C)=O)c1. The fourth-order valence-corrected chi connectivity index (χ4v) is 1.56. The van der Waals surface area contributed by atoms with Crippen LogP contribution in [0.2, 0.25) is 0 Å². The molecular weight excluding hydrogens is 258 g/mol. The molecule has 1 aromatic carbocycles. The lowest BCUT2D eigenvalue weighted by atomic mass is 10.2. The van der Waals surface area contributed by atoms with Crippen molar-refractivity contribution in [3.63, 3.8) is 0 Å². The fraction of sp³-hybridized carbons (Fsp3) is 0.357. The molecule has 0 aliphatic heterocycles. The lowest BCUT2D eigenvalue weighted by Crippen LogP contribution is -2.28. The van der Waals surface area contributed by atoms with Crippen molar-refractivity contribution in [1.29, 1.82) is 0 Å². The maximum Gasteiger partial charge on any atom is 0.233 e. The van der Waals surface area contributed by atoms with Gasteiger partial charge in [0.2, 0.25) is 17.7 Å². The van der Waals surface area contributed by atoms with E-state index < -0.39 is 5.91 Å². The maximum absolute atomic E-state index is 11.7. The van der Waals surface area contributed by atoms with E-state index in [9.17, 15) is 14.4 Å². The molecule has 20 heavy (non-hydrogen) atoms. The number of amides is 3. The van der Waals surface area contributed by atoms with Gasteiger partial charge in [-0.3, -0.25) is 14.4 Å². The lowest BCUT2D eigenvalue weighted by molar-refractivity contribution is -0.126. The Hall–Kier alpha value is -2.37. The second kappa shape index (κ2) is 7.93. The average molecular weight is 277 g/mol. The van der Waals surface area contributed by atoms with Crippen molar-refractivity contribution in [3.05, 3.63) is 24.3 Å². The van der Waals surface area contributed by atoms with Gasteiger partial charge in [0.1, 0.15) is 6.42 Å². The summed E-state index contributed by atoms with van der Waals surface area (Å²) in [5.41, 5.74) is 1.12. The quantitative estimate of drug-likeness (QED) is 0.689. The number of carbonyl (C=O) groups excluding carboxylic acids is 3. The molecule has 108 valence electrons. The van der Waals surface area contributed by atoms with Gasteiger partial charge >= 0.3 is 0 Å². The van der Waals surface area contributed by atoms with Crippen molar-refractivity contribution in [2.45, 2.75) is 26.7 Å². The minimum absolute atomic E-state index is 0.188. The summed E-state index contributed by atoms with van der Waals surface area (Å²) in [7, 11) is 0. The predicted octanol–water partition coefficient (Wildman–Crippen LogP) is 1.50. The molecule has 0 saturated carbocycles. The van der Waals surface area contributed by atoms with Crippen molar-refractivity contribution >= 4 is 29.1 Å². The van der Waals surface area contributed by atoms with E-state index in [0.717, 1.165) is 6.42 Å². The number of nitrogens with one attached hydrogen (secondary N) is 3. The summed E-state index contributed by atoms with van der Waals surface area (Å²) in [5.74, 6) is -0.881. The second-order valence-electron chi connectivity index (χ2n) is 4.34.